The largest absolute Gasteiger partial charge is 0.491 e. The first-order valence-electron chi connectivity index (χ1n) is 2.78. The Morgan fingerprint density at radius 3 is 2.82 bits per heavy atom. The Morgan fingerprint density at radius 1 is 1.45 bits per heavy atom. The van der Waals surface area contributed by atoms with E-state index in [9.17, 15) is 0 Å². The number of nitrogen functional groups attached to an aromatic ring is 2. The molecule has 11 heavy (non-hydrogen) atoms. The lowest BCUT2D eigenvalue weighted by molar-refractivity contribution is 0.442. The minimum absolute atomic E-state index is 0.0312. The predicted molar refractivity (Wildman–Crippen MR) is 35.7 cm³/mol. The highest BCUT2D eigenvalue weighted by Crippen LogP contribution is 2.21. The number of aromatic hydroxyl groups is 1. The number of rotatable bonds is 0. The number of fused-ring (bicyclic) bond motifs is 1. The minimum atomic E-state index is -0.263. The third kappa shape index (κ3) is 0.613. The van der Waals surface area contributed by atoms with Crippen LogP contribution in [0.15, 0.2) is 4.42 Å². The SMILES string of the molecule is Nc1nn2c(O)c(N)nc2o1. The quantitative estimate of drug-likeness (QED) is 0.458. The van der Waals surface area contributed by atoms with Crippen LogP contribution in [0.4, 0.5) is 11.8 Å². The molecule has 0 unspecified atom stereocenters. The molecular formula is C4H5N5O2. The molecule has 0 amide bonds. The van der Waals surface area contributed by atoms with Crippen LogP contribution in [-0.2, 0) is 0 Å². The maximum Gasteiger partial charge on any atom is 0.331 e. The first kappa shape index (κ1) is 5.83. The smallest absolute Gasteiger partial charge is 0.331 e. The van der Waals surface area contributed by atoms with Gasteiger partial charge in [0, 0.05) is 0 Å². The molecule has 2 rings (SSSR count). The third-order valence-electron chi connectivity index (χ3n) is 1.22. The van der Waals surface area contributed by atoms with Crippen LogP contribution in [0.3, 0.4) is 0 Å². The second kappa shape index (κ2) is 1.57. The van der Waals surface area contributed by atoms with Gasteiger partial charge < -0.3 is 21.0 Å². The molecule has 0 saturated carbocycles. The highest BCUT2D eigenvalue weighted by Gasteiger charge is 2.12. The van der Waals surface area contributed by atoms with Gasteiger partial charge in [0.25, 0.3) is 5.88 Å². The number of imidazole rings is 1. The van der Waals surface area contributed by atoms with E-state index in [1.54, 1.807) is 0 Å². The third-order valence-corrected chi connectivity index (χ3v) is 1.22. The fourth-order valence-corrected chi connectivity index (χ4v) is 0.768. The summed E-state index contributed by atoms with van der Waals surface area (Å²) in [5.41, 5.74) is 10.4. The average molecular weight is 155 g/mol. The van der Waals surface area contributed by atoms with E-state index in [1.807, 2.05) is 0 Å². The van der Waals surface area contributed by atoms with Gasteiger partial charge in [0.2, 0.25) is 0 Å². The van der Waals surface area contributed by atoms with Crippen molar-refractivity contribution in [3.63, 3.8) is 0 Å². The summed E-state index contributed by atoms with van der Waals surface area (Å²) in [5.74, 6) is -0.214. The standard InChI is InChI=1S/C4H5N5O2/c5-1-2(10)9-4(7-1)11-3(6)8-9/h10H,5H2,(H2,6,8). The van der Waals surface area contributed by atoms with E-state index in [1.165, 1.54) is 0 Å². The van der Waals surface area contributed by atoms with Crippen molar-refractivity contribution >= 4 is 17.7 Å². The second-order valence-corrected chi connectivity index (χ2v) is 1.96. The fraction of sp³-hybridized carbons (Fsp3) is 0. The van der Waals surface area contributed by atoms with Crippen LogP contribution in [0.25, 0.3) is 5.84 Å². The molecule has 0 aliphatic carbocycles. The molecule has 0 spiro atoms. The molecule has 2 heterocycles. The average Bonchev–Trinajstić information content (AvgIpc) is 2.37. The van der Waals surface area contributed by atoms with Crippen molar-refractivity contribution in [2.45, 2.75) is 0 Å². The van der Waals surface area contributed by atoms with Crippen molar-refractivity contribution < 1.29 is 9.52 Å². The van der Waals surface area contributed by atoms with Gasteiger partial charge in [0.15, 0.2) is 5.82 Å². The van der Waals surface area contributed by atoms with Crippen molar-refractivity contribution in [3.8, 4) is 5.88 Å². The molecule has 2 aromatic heterocycles. The van der Waals surface area contributed by atoms with Crippen LogP contribution in [-0.4, -0.2) is 19.7 Å². The first-order valence-corrected chi connectivity index (χ1v) is 2.78. The summed E-state index contributed by atoms with van der Waals surface area (Å²) in [5, 5.41) is 12.7. The van der Waals surface area contributed by atoms with Gasteiger partial charge in [-0.15, -0.1) is 9.61 Å². The van der Waals surface area contributed by atoms with E-state index in [0.717, 1.165) is 4.52 Å². The Labute approximate surface area is 60.2 Å². The highest BCUT2D eigenvalue weighted by molar-refractivity contribution is 5.49. The zero-order valence-corrected chi connectivity index (χ0v) is 5.35. The molecule has 5 N–H and O–H groups in total. The summed E-state index contributed by atoms with van der Waals surface area (Å²) in [7, 11) is 0. The molecule has 0 aromatic carbocycles. The maximum absolute atomic E-state index is 9.11. The molecule has 2 aromatic rings. The van der Waals surface area contributed by atoms with Crippen LogP contribution in [0.5, 0.6) is 5.88 Å². The Bertz CT molecular complexity index is 402. The van der Waals surface area contributed by atoms with Gasteiger partial charge in [0.1, 0.15) is 0 Å². The van der Waals surface area contributed by atoms with Crippen molar-refractivity contribution in [3.05, 3.63) is 0 Å². The molecule has 0 saturated heterocycles. The zero-order valence-electron chi connectivity index (χ0n) is 5.35. The number of anilines is 2. The number of nitrogens with zero attached hydrogens (tertiary/aromatic N) is 3. The topological polar surface area (TPSA) is 116 Å². The second-order valence-electron chi connectivity index (χ2n) is 1.96. The van der Waals surface area contributed by atoms with E-state index >= 15 is 0 Å². The first-order chi connectivity index (χ1) is 5.18. The lowest BCUT2D eigenvalue weighted by atomic mass is 10.7. The van der Waals surface area contributed by atoms with Crippen molar-refractivity contribution in [2.24, 2.45) is 0 Å². The number of aromatic nitrogens is 3. The van der Waals surface area contributed by atoms with Crippen molar-refractivity contribution in [1.82, 2.24) is 14.6 Å². The van der Waals surface area contributed by atoms with E-state index in [0.29, 0.717) is 0 Å². The van der Waals surface area contributed by atoms with E-state index in [2.05, 4.69) is 10.1 Å². The van der Waals surface area contributed by atoms with Crippen LogP contribution >= 0.6 is 0 Å². The summed E-state index contributed by atoms with van der Waals surface area (Å²) >= 11 is 0. The van der Waals surface area contributed by atoms with Gasteiger partial charge in [-0.25, -0.2) is 0 Å². The molecule has 7 heteroatoms. The monoisotopic (exact) mass is 155 g/mol. The summed E-state index contributed by atoms with van der Waals surface area (Å²) in [6.45, 7) is 0. The van der Waals surface area contributed by atoms with E-state index < -0.39 is 0 Å². The predicted octanol–water partition coefficient (Wildman–Crippen LogP) is -0.808. The van der Waals surface area contributed by atoms with Gasteiger partial charge in [-0.3, -0.25) is 0 Å². The molecule has 58 valence electrons. The molecule has 0 atom stereocenters. The van der Waals surface area contributed by atoms with Gasteiger partial charge in [-0.1, -0.05) is 0 Å². The summed E-state index contributed by atoms with van der Waals surface area (Å²) in [6, 6.07) is -0.0669. The van der Waals surface area contributed by atoms with Crippen molar-refractivity contribution in [2.75, 3.05) is 11.5 Å². The molecule has 7 nitrogen and oxygen atoms in total. The van der Waals surface area contributed by atoms with E-state index in [4.69, 9.17) is 21.0 Å². The van der Waals surface area contributed by atoms with Gasteiger partial charge in [-0.05, 0) is 0 Å². The molecule has 0 aliphatic rings. The molecule has 0 fully saturated rings. The Hall–Kier alpha value is -1.92. The lowest BCUT2D eigenvalue weighted by Gasteiger charge is -1.83. The maximum atomic E-state index is 9.11. The van der Waals surface area contributed by atoms with Gasteiger partial charge in [0.05, 0.1) is 0 Å². The Balaban J connectivity index is 2.88. The number of hydrogen-bond acceptors (Lipinski definition) is 6. The molecule has 0 aliphatic heterocycles. The fourth-order valence-electron chi connectivity index (χ4n) is 0.768. The molecule has 0 radical (unpaired) electrons. The Morgan fingerprint density at radius 2 is 2.18 bits per heavy atom. The molecular weight excluding hydrogens is 150 g/mol. The number of hydrogen-bond donors (Lipinski definition) is 3. The van der Waals surface area contributed by atoms with Crippen LogP contribution in [0.1, 0.15) is 0 Å². The van der Waals surface area contributed by atoms with Crippen LogP contribution in [0, 0.1) is 0 Å². The summed E-state index contributed by atoms with van der Waals surface area (Å²) in [6.07, 6.45) is 0. The van der Waals surface area contributed by atoms with E-state index in [-0.39, 0.29) is 23.6 Å². The summed E-state index contributed by atoms with van der Waals surface area (Å²) in [4.78, 5) is 3.62. The zero-order chi connectivity index (χ0) is 8.01. The lowest BCUT2D eigenvalue weighted by Crippen LogP contribution is -1.89. The molecule has 0 bridgehead atoms. The normalized spacial score (nSPS) is 10.9. The Kier molecular flexibility index (Phi) is 0.831. The van der Waals surface area contributed by atoms with Crippen LogP contribution < -0.4 is 11.5 Å². The highest BCUT2D eigenvalue weighted by atomic mass is 16.4. The number of nitrogens with two attached hydrogens (primary N) is 2. The summed E-state index contributed by atoms with van der Waals surface area (Å²) < 4.78 is 5.77. The van der Waals surface area contributed by atoms with Crippen molar-refractivity contribution in [1.29, 1.82) is 0 Å². The van der Waals surface area contributed by atoms with Gasteiger partial charge >= 0.3 is 11.9 Å². The van der Waals surface area contributed by atoms with Gasteiger partial charge in [-0.2, -0.15) is 4.98 Å². The minimum Gasteiger partial charge on any atom is -0.491 e. The van der Waals surface area contributed by atoms with Crippen LogP contribution in [0.2, 0.25) is 0 Å².